The zero-order chi connectivity index (χ0) is 20.5. The van der Waals surface area contributed by atoms with Gasteiger partial charge in [-0.25, -0.2) is 9.59 Å². The number of hydrogen-bond donors (Lipinski definition) is 2. The van der Waals surface area contributed by atoms with Crippen molar-refractivity contribution in [3.05, 3.63) is 72.1 Å². The van der Waals surface area contributed by atoms with Crippen molar-refractivity contribution in [1.29, 1.82) is 0 Å². The molecule has 9 heteroatoms. The molecule has 0 fully saturated rings. The summed E-state index contributed by atoms with van der Waals surface area (Å²) < 4.78 is 10.3. The molecule has 1 heterocycles. The molecule has 1 atom stereocenters. The summed E-state index contributed by atoms with van der Waals surface area (Å²) in [6.07, 6.45) is -0.786. The molecule has 3 aromatic rings. The fraction of sp³-hybridized carbons (Fsp3) is 0.200. The number of carbonyl (C=O) groups is 2. The Morgan fingerprint density at radius 3 is 2.48 bits per heavy atom. The monoisotopic (exact) mass is 413 g/mol. The first-order chi connectivity index (χ1) is 14.1. The highest BCUT2D eigenvalue weighted by atomic mass is 32.2. The normalized spacial score (nSPS) is 11.6. The molecule has 1 unspecified atom stereocenters. The van der Waals surface area contributed by atoms with Gasteiger partial charge in [0, 0.05) is 11.3 Å². The molecule has 29 heavy (non-hydrogen) atoms. The number of benzene rings is 2. The minimum atomic E-state index is -1.15. The summed E-state index contributed by atoms with van der Waals surface area (Å²) in [6.45, 7) is 0.0659. The van der Waals surface area contributed by atoms with Crippen LogP contribution in [0.15, 0.2) is 65.2 Å². The Hall–Kier alpha value is -3.33. The summed E-state index contributed by atoms with van der Waals surface area (Å²) >= 11 is 1.26. The number of carboxylic acids is 1. The van der Waals surface area contributed by atoms with E-state index < -0.39 is 18.1 Å². The van der Waals surface area contributed by atoms with Crippen LogP contribution in [0.25, 0.3) is 11.4 Å². The largest absolute Gasteiger partial charge is 0.480 e. The summed E-state index contributed by atoms with van der Waals surface area (Å²) in [5.41, 5.74) is 1.65. The van der Waals surface area contributed by atoms with Gasteiger partial charge in [-0.2, -0.15) is 4.98 Å². The summed E-state index contributed by atoms with van der Waals surface area (Å²) in [5.74, 6) is 0.149. The van der Waals surface area contributed by atoms with E-state index in [9.17, 15) is 14.7 Å². The zero-order valence-corrected chi connectivity index (χ0v) is 16.2. The van der Waals surface area contributed by atoms with Crippen LogP contribution >= 0.6 is 11.8 Å². The van der Waals surface area contributed by atoms with Crippen LogP contribution in [-0.2, 0) is 21.9 Å². The predicted octanol–water partition coefficient (Wildman–Crippen LogP) is 3.35. The fourth-order valence-corrected chi connectivity index (χ4v) is 3.24. The molecule has 0 radical (unpaired) electrons. The van der Waals surface area contributed by atoms with Crippen LogP contribution < -0.4 is 5.32 Å². The molecule has 0 spiro atoms. The molecule has 3 rings (SSSR count). The van der Waals surface area contributed by atoms with Gasteiger partial charge < -0.3 is 19.7 Å². The van der Waals surface area contributed by atoms with E-state index in [0.717, 1.165) is 11.1 Å². The number of hydrogen-bond acceptors (Lipinski definition) is 7. The third kappa shape index (κ3) is 6.35. The average Bonchev–Trinajstić information content (AvgIpc) is 3.22. The molecule has 2 aromatic carbocycles. The summed E-state index contributed by atoms with van der Waals surface area (Å²) in [5, 5.41) is 15.6. The SMILES string of the molecule is O=C(NC(CSCc1nc(-c2ccccc2)no1)C(=O)O)OCc1ccccc1. The van der Waals surface area contributed by atoms with Crippen LogP contribution in [0.4, 0.5) is 4.79 Å². The fourth-order valence-electron chi connectivity index (χ4n) is 2.36. The minimum absolute atomic E-state index is 0.0659. The third-order valence-corrected chi connectivity index (χ3v) is 4.83. The lowest BCUT2D eigenvalue weighted by Gasteiger charge is -2.14. The Kier molecular flexibility index (Phi) is 7.23. The zero-order valence-electron chi connectivity index (χ0n) is 15.4. The first kappa shape index (κ1) is 20.4. The molecule has 1 amide bonds. The number of nitrogens with zero attached hydrogens (tertiary/aromatic N) is 2. The van der Waals surface area contributed by atoms with Gasteiger partial charge in [0.05, 0.1) is 5.75 Å². The molecule has 0 saturated carbocycles. The highest BCUT2D eigenvalue weighted by Crippen LogP contribution is 2.18. The van der Waals surface area contributed by atoms with Gasteiger partial charge in [0.2, 0.25) is 11.7 Å². The molecule has 0 aliphatic heterocycles. The van der Waals surface area contributed by atoms with Crippen molar-refractivity contribution in [2.24, 2.45) is 0 Å². The van der Waals surface area contributed by atoms with Crippen molar-refractivity contribution in [1.82, 2.24) is 15.5 Å². The van der Waals surface area contributed by atoms with Crippen molar-refractivity contribution < 1.29 is 24.0 Å². The van der Waals surface area contributed by atoms with Crippen molar-refractivity contribution in [3.8, 4) is 11.4 Å². The molecule has 1 aromatic heterocycles. The maximum atomic E-state index is 11.9. The number of thioether (sulfide) groups is 1. The molecule has 2 N–H and O–H groups in total. The number of alkyl carbamates (subject to hydrolysis) is 1. The van der Waals surface area contributed by atoms with Crippen molar-refractivity contribution in [3.63, 3.8) is 0 Å². The number of ether oxygens (including phenoxy) is 1. The van der Waals surface area contributed by atoms with Crippen LogP contribution in [0, 0.1) is 0 Å². The second kappa shape index (κ2) is 10.3. The van der Waals surface area contributed by atoms with E-state index in [1.54, 1.807) is 0 Å². The maximum absolute atomic E-state index is 11.9. The number of carbonyl (C=O) groups excluding carboxylic acids is 1. The van der Waals surface area contributed by atoms with Gasteiger partial charge in [-0.05, 0) is 5.56 Å². The predicted molar refractivity (Wildman–Crippen MR) is 107 cm³/mol. The lowest BCUT2D eigenvalue weighted by Crippen LogP contribution is -2.42. The number of amides is 1. The highest BCUT2D eigenvalue weighted by molar-refractivity contribution is 7.98. The Balaban J connectivity index is 1.45. The van der Waals surface area contributed by atoms with Gasteiger partial charge in [-0.1, -0.05) is 65.8 Å². The average molecular weight is 413 g/mol. The van der Waals surface area contributed by atoms with Crippen LogP contribution in [0.5, 0.6) is 0 Å². The van der Waals surface area contributed by atoms with Crippen LogP contribution in [-0.4, -0.2) is 39.1 Å². The molecule has 0 saturated heterocycles. The first-order valence-electron chi connectivity index (χ1n) is 8.77. The molecule has 0 aliphatic carbocycles. The molecule has 0 bridgehead atoms. The molecule has 150 valence electrons. The molecular weight excluding hydrogens is 394 g/mol. The van der Waals surface area contributed by atoms with E-state index in [-0.39, 0.29) is 12.4 Å². The van der Waals surface area contributed by atoms with E-state index in [2.05, 4.69) is 15.5 Å². The van der Waals surface area contributed by atoms with E-state index in [1.807, 2.05) is 60.7 Å². The number of carboxylic acid groups (broad SMARTS) is 1. The van der Waals surface area contributed by atoms with Crippen LogP contribution in [0.1, 0.15) is 11.5 Å². The third-order valence-electron chi connectivity index (χ3n) is 3.81. The summed E-state index contributed by atoms with van der Waals surface area (Å²) in [4.78, 5) is 27.6. The van der Waals surface area contributed by atoms with Crippen molar-refractivity contribution >= 4 is 23.8 Å². The Morgan fingerprint density at radius 2 is 1.79 bits per heavy atom. The Bertz CT molecular complexity index is 934. The van der Waals surface area contributed by atoms with E-state index in [4.69, 9.17) is 9.26 Å². The first-order valence-corrected chi connectivity index (χ1v) is 9.93. The maximum Gasteiger partial charge on any atom is 0.408 e. The number of rotatable bonds is 9. The number of aromatic nitrogens is 2. The van der Waals surface area contributed by atoms with E-state index in [0.29, 0.717) is 17.5 Å². The van der Waals surface area contributed by atoms with Crippen LogP contribution in [0.2, 0.25) is 0 Å². The van der Waals surface area contributed by atoms with Gasteiger partial charge >= 0.3 is 12.1 Å². The van der Waals surface area contributed by atoms with Gasteiger partial charge in [-0.3, -0.25) is 0 Å². The highest BCUT2D eigenvalue weighted by Gasteiger charge is 2.21. The smallest absolute Gasteiger partial charge is 0.408 e. The molecule has 8 nitrogen and oxygen atoms in total. The summed E-state index contributed by atoms with van der Waals surface area (Å²) in [7, 11) is 0. The van der Waals surface area contributed by atoms with E-state index >= 15 is 0 Å². The lowest BCUT2D eigenvalue weighted by molar-refractivity contribution is -0.138. The van der Waals surface area contributed by atoms with Crippen molar-refractivity contribution in [2.45, 2.75) is 18.4 Å². The minimum Gasteiger partial charge on any atom is -0.480 e. The van der Waals surface area contributed by atoms with Gasteiger partial charge in [0.1, 0.15) is 12.6 Å². The van der Waals surface area contributed by atoms with Gasteiger partial charge in [0.15, 0.2) is 0 Å². The standard InChI is InChI=1S/C20H19N3O5S/c24-19(25)16(21-20(26)27-11-14-7-3-1-4-8-14)12-29-13-17-22-18(23-28-17)15-9-5-2-6-10-15/h1-10,16H,11-13H2,(H,21,26)(H,24,25). The van der Waals surface area contributed by atoms with Gasteiger partial charge in [0.25, 0.3) is 0 Å². The Labute approximate surface area is 171 Å². The second-order valence-corrected chi connectivity index (χ2v) is 7.02. The topological polar surface area (TPSA) is 115 Å². The van der Waals surface area contributed by atoms with E-state index in [1.165, 1.54) is 11.8 Å². The molecular formula is C20H19N3O5S. The second-order valence-electron chi connectivity index (χ2n) is 5.99. The van der Waals surface area contributed by atoms with Gasteiger partial charge in [-0.15, -0.1) is 11.8 Å². The number of nitrogens with one attached hydrogen (secondary N) is 1. The summed E-state index contributed by atoms with van der Waals surface area (Å²) in [6, 6.07) is 17.4. The quantitative estimate of drug-likeness (QED) is 0.549. The molecule has 0 aliphatic rings. The lowest BCUT2D eigenvalue weighted by atomic mass is 10.2. The van der Waals surface area contributed by atoms with Crippen molar-refractivity contribution in [2.75, 3.05) is 5.75 Å². The van der Waals surface area contributed by atoms with Crippen LogP contribution in [0.3, 0.4) is 0 Å². The number of aliphatic carboxylic acids is 1. The Morgan fingerprint density at radius 1 is 1.10 bits per heavy atom.